The summed E-state index contributed by atoms with van der Waals surface area (Å²) in [6.45, 7) is 11.5. The molecule has 25 heavy (non-hydrogen) atoms. The van der Waals surface area contributed by atoms with Crippen LogP contribution in [0.2, 0.25) is 0 Å². The predicted octanol–water partition coefficient (Wildman–Crippen LogP) is 3.11. The van der Waals surface area contributed by atoms with Crippen molar-refractivity contribution < 1.29 is 9.59 Å². The van der Waals surface area contributed by atoms with Crippen LogP contribution in [-0.4, -0.2) is 38.0 Å². The van der Waals surface area contributed by atoms with E-state index in [1.165, 1.54) is 5.69 Å². The van der Waals surface area contributed by atoms with Crippen molar-refractivity contribution in [1.82, 2.24) is 5.32 Å². The van der Waals surface area contributed by atoms with Gasteiger partial charge in [-0.3, -0.25) is 9.59 Å². The summed E-state index contributed by atoms with van der Waals surface area (Å²) in [6.07, 6.45) is 2.32. The Balaban J connectivity index is 2.08. The third-order valence-corrected chi connectivity index (χ3v) is 4.93. The molecule has 1 aromatic carbocycles. The van der Waals surface area contributed by atoms with Gasteiger partial charge >= 0.3 is 0 Å². The highest BCUT2D eigenvalue weighted by molar-refractivity contribution is 6.01. The van der Waals surface area contributed by atoms with Crippen LogP contribution in [0.5, 0.6) is 0 Å². The molecule has 0 spiro atoms. The number of anilines is 2. The van der Waals surface area contributed by atoms with E-state index in [-0.39, 0.29) is 17.7 Å². The van der Waals surface area contributed by atoms with Crippen LogP contribution in [0.15, 0.2) is 18.2 Å². The van der Waals surface area contributed by atoms with Crippen molar-refractivity contribution in [3.8, 4) is 0 Å². The van der Waals surface area contributed by atoms with Crippen molar-refractivity contribution in [2.45, 2.75) is 47.0 Å². The highest BCUT2D eigenvalue weighted by Crippen LogP contribution is 2.30. The van der Waals surface area contributed by atoms with E-state index in [4.69, 9.17) is 0 Å². The van der Waals surface area contributed by atoms with Gasteiger partial charge in [0.2, 0.25) is 11.8 Å². The molecule has 0 bridgehead atoms. The summed E-state index contributed by atoms with van der Waals surface area (Å²) >= 11 is 0. The van der Waals surface area contributed by atoms with Crippen LogP contribution in [0.4, 0.5) is 11.4 Å². The third kappa shape index (κ3) is 4.53. The van der Waals surface area contributed by atoms with E-state index in [0.29, 0.717) is 19.5 Å². The second-order valence-electron chi connectivity index (χ2n) is 6.69. The summed E-state index contributed by atoms with van der Waals surface area (Å²) in [5.41, 5.74) is 3.17. The molecule has 1 aliphatic rings. The van der Waals surface area contributed by atoms with Gasteiger partial charge in [-0.05, 0) is 51.0 Å². The van der Waals surface area contributed by atoms with Gasteiger partial charge in [0.15, 0.2) is 0 Å². The van der Waals surface area contributed by atoms with Crippen LogP contribution < -0.4 is 15.1 Å². The van der Waals surface area contributed by atoms with Gasteiger partial charge in [0.25, 0.3) is 0 Å². The smallest absolute Gasteiger partial charge is 0.227 e. The second kappa shape index (κ2) is 8.88. The molecule has 1 aromatic rings. The minimum absolute atomic E-state index is 0.00159. The van der Waals surface area contributed by atoms with Crippen molar-refractivity contribution >= 4 is 23.2 Å². The van der Waals surface area contributed by atoms with Crippen LogP contribution in [-0.2, 0) is 9.59 Å². The number of aryl methyl sites for hydroxylation is 1. The fourth-order valence-electron chi connectivity index (χ4n) is 3.38. The quantitative estimate of drug-likeness (QED) is 0.737. The molecule has 0 aromatic heterocycles. The number of carbonyl (C=O) groups excluding carboxylic acids is 2. The Morgan fingerprint density at radius 2 is 2.00 bits per heavy atom. The SMILES string of the molecule is CCCCNC(=O)C1CC(=O)N(c2ccc(N(CC)CC)cc2C)C1. The molecule has 1 aliphatic heterocycles. The van der Waals surface area contributed by atoms with Gasteiger partial charge in [0.05, 0.1) is 5.92 Å². The molecule has 1 fully saturated rings. The standard InChI is InChI=1S/C20H31N3O2/c1-5-8-11-21-20(25)16-13-19(24)23(14-16)18-10-9-17(12-15(18)4)22(6-2)7-3/h9-10,12,16H,5-8,11,13-14H2,1-4H3,(H,21,25). The summed E-state index contributed by atoms with van der Waals surface area (Å²) in [6, 6.07) is 6.21. The minimum Gasteiger partial charge on any atom is -0.372 e. The number of unbranched alkanes of at least 4 members (excludes halogenated alkanes) is 1. The number of amides is 2. The summed E-state index contributed by atoms with van der Waals surface area (Å²) in [5, 5.41) is 2.95. The van der Waals surface area contributed by atoms with E-state index in [1.807, 2.05) is 13.0 Å². The lowest BCUT2D eigenvalue weighted by Gasteiger charge is -2.24. The predicted molar refractivity (Wildman–Crippen MR) is 103 cm³/mol. The number of hydrogen-bond acceptors (Lipinski definition) is 3. The molecule has 1 atom stereocenters. The normalized spacial score (nSPS) is 17.0. The van der Waals surface area contributed by atoms with E-state index in [1.54, 1.807) is 4.90 Å². The topological polar surface area (TPSA) is 52.7 Å². The average Bonchev–Trinajstić information content (AvgIpc) is 2.98. The molecule has 2 rings (SSSR count). The molecule has 138 valence electrons. The number of nitrogens with one attached hydrogen (secondary N) is 1. The molecule has 1 N–H and O–H groups in total. The lowest BCUT2D eigenvalue weighted by atomic mass is 10.1. The zero-order chi connectivity index (χ0) is 18.4. The molecular weight excluding hydrogens is 314 g/mol. The summed E-state index contributed by atoms with van der Waals surface area (Å²) in [5.74, 6) is -0.206. The zero-order valence-corrected chi connectivity index (χ0v) is 16.0. The van der Waals surface area contributed by atoms with Gasteiger partial charge in [-0.2, -0.15) is 0 Å². The Morgan fingerprint density at radius 1 is 1.28 bits per heavy atom. The van der Waals surface area contributed by atoms with Gasteiger partial charge in [0, 0.05) is 44.0 Å². The van der Waals surface area contributed by atoms with E-state index in [2.05, 4.69) is 43.1 Å². The second-order valence-corrected chi connectivity index (χ2v) is 6.69. The number of benzene rings is 1. The average molecular weight is 345 g/mol. The number of rotatable bonds is 8. The highest BCUT2D eigenvalue weighted by atomic mass is 16.2. The molecule has 1 saturated heterocycles. The van der Waals surface area contributed by atoms with Gasteiger partial charge in [0.1, 0.15) is 0 Å². The Bertz CT molecular complexity index is 611. The van der Waals surface area contributed by atoms with Crippen LogP contribution >= 0.6 is 0 Å². The van der Waals surface area contributed by atoms with Crippen LogP contribution in [0.1, 0.15) is 45.6 Å². The van der Waals surface area contributed by atoms with Crippen molar-refractivity contribution in [1.29, 1.82) is 0 Å². The maximum Gasteiger partial charge on any atom is 0.227 e. The zero-order valence-electron chi connectivity index (χ0n) is 16.0. The Hall–Kier alpha value is -2.04. The summed E-state index contributed by atoms with van der Waals surface area (Å²) in [4.78, 5) is 28.7. The Labute approximate surface area is 151 Å². The van der Waals surface area contributed by atoms with Crippen LogP contribution in [0.25, 0.3) is 0 Å². The molecule has 1 unspecified atom stereocenters. The van der Waals surface area contributed by atoms with Gasteiger partial charge < -0.3 is 15.1 Å². The number of nitrogens with zero attached hydrogens (tertiary/aromatic N) is 2. The first-order valence-electron chi connectivity index (χ1n) is 9.45. The summed E-state index contributed by atoms with van der Waals surface area (Å²) in [7, 11) is 0. The van der Waals surface area contributed by atoms with E-state index < -0.39 is 0 Å². The molecule has 5 heteroatoms. The first-order chi connectivity index (χ1) is 12.0. The molecule has 1 heterocycles. The van der Waals surface area contributed by atoms with Crippen LogP contribution in [0.3, 0.4) is 0 Å². The first kappa shape index (κ1) is 19.3. The van der Waals surface area contributed by atoms with Gasteiger partial charge in [-0.25, -0.2) is 0 Å². The highest BCUT2D eigenvalue weighted by Gasteiger charge is 2.35. The van der Waals surface area contributed by atoms with Crippen molar-refractivity contribution in [2.24, 2.45) is 5.92 Å². The lowest BCUT2D eigenvalue weighted by Crippen LogP contribution is -2.33. The molecular formula is C20H31N3O2. The Morgan fingerprint density at radius 3 is 2.60 bits per heavy atom. The summed E-state index contributed by atoms with van der Waals surface area (Å²) < 4.78 is 0. The lowest BCUT2D eigenvalue weighted by molar-refractivity contribution is -0.126. The van der Waals surface area contributed by atoms with Crippen molar-refractivity contribution in [3.63, 3.8) is 0 Å². The number of hydrogen-bond donors (Lipinski definition) is 1. The van der Waals surface area contributed by atoms with Gasteiger partial charge in [-0.1, -0.05) is 13.3 Å². The van der Waals surface area contributed by atoms with E-state index >= 15 is 0 Å². The molecule has 0 aliphatic carbocycles. The molecule has 2 amide bonds. The number of carbonyl (C=O) groups is 2. The van der Waals surface area contributed by atoms with E-state index in [9.17, 15) is 9.59 Å². The fraction of sp³-hybridized carbons (Fsp3) is 0.600. The van der Waals surface area contributed by atoms with Crippen LogP contribution in [0, 0.1) is 12.8 Å². The maximum absolute atomic E-state index is 12.4. The molecule has 0 radical (unpaired) electrons. The van der Waals surface area contributed by atoms with E-state index in [0.717, 1.165) is 37.2 Å². The third-order valence-electron chi connectivity index (χ3n) is 4.93. The Kier molecular flexibility index (Phi) is 6.85. The molecule has 5 nitrogen and oxygen atoms in total. The van der Waals surface area contributed by atoms with Crippen molar-refractivity contribution in [3.05, 3.63) is 23.8 Å². The maximum atomic E-state index is 12.4. The fourth-order valence-corrected chi connectivity index (χ4v) is 3.38. The minimum atomic E-state index is -0.244. The molecule has 0 saturated carbocycles. The monoisotopic (exact) mass is 345 g/mol. The first-order valence-corrected chi connectivity index (χ1v) is 9.45. The largest absolute Gasteiger partial charge is 0.372 e. The van der Waals surface area contributed by atoms with Crippen molar-refractivity contribution in [2.75, 3.05) is 36.0 Å². The van der Waals surface area contributed by atoms with Gasteiger partial charge in [-0.15, -0.1) is 0 Å².